The van der Waals surface area contributed by atoms with E-state index in [1.165, 1.54) is 24.0 Å². The first-order chi connectivity index (χ1) is 13.5. The third-order valence-electron chi connectivity index (χ3n) is 5.95. The second-order valence-corrected chi connectivity index (χ2v) is 8.34. The van der Waals surface area contributed by atoms with Gasteiger partial charge in [-0.1, -0.05) is 24.3 Å². The van der Waals surface area contributed by atoms with E-state index >= 15 is 0 Å². The lowest BCUT2D eigenvalue weighted by molar-refractivity contribution is -0.139. The second kappa shape index (κ2) is 9.52. The molecule has 3 rings (SSSR count). The molecular weight excluding hydrogens is 352 g/mol. The fourth-order valence-electron chi connectivity index (χ4n) is 4.27. The van der Waals surface area contributed by atoms with E-state index in [-0.39, 0.29) is 30.3 Å². The molecule has 0 radical (unpaired) electrons. The monoisotopic (exact) mass is 386 g/mol. The van der Waals surface area contributed by atoms with Crippen LogP contribution in [0.2, 0.25) is 0 Å². The molecule has 0 bridgehead atoms. The molecule has 2 amide bonds. The van der Waals surface area contributed by atoms with Crippen LogP contribution >= 0.6 is 0 Å². The van der Waals surface area contributed by atoms with Gasteiger partial charge >= 0.3 is 0 Å². The third-order valence-corrected chi connectivity index (χ3v) is 5.95. The molecule has 0 aromatic heterocycles. The normalized spacial score (nSPS) is 21.1. The van der Waals surface area contributed by atoms with Crippen LogP contribution in [0.4, 0.5) is 0 Å². The number of rotatable bonds is 7. The highest BCUT2D eigenvalue weighted by atomic mass is 16.2. The van der Waals surface area contributed by atoms with Gasteiger partial charge in [-0.2, -0.15) is 0 Å². The summed E-state index contributed by atoms with van der Waals surface area (Å²) in [5.74, 6) is -0.0141. The molecule has 6 heteroatoms. The first-order valence-corrected chi connectivity index (χ1v) is 10.5. The third kappa shape index (κ3) is 5.11. The molecular formula is C22H34N4O2. The lowest BCUT2D eigenvalue weighted by Gasteiger charge is -2.38. The minimum atomic E-state index is -0.372. The van der Waals surface area contributed by atoms with Gasteiger partial charge in [0.2, 0.25) is 11.8 Å². The van der Waals surface area contributed by atoms with E-state index in [4.69, 9.17) is 0 Å². The fraction of sp³-hybridized carbons (Fsp3) is 0.636. The molecule has 2 fully saturated rings. The van der Waals surface area contributed by atoms with Crippen molar-refractivity contribution in [3.8, 4) is 0 Å². The van der Waals surface area contributed by atoms with Crippen LogP contribution in [0.15, 0.2) is 24.3 Å². The van der Waals surface area contributed by atoms with E-state index in [9.17, 15) is 9.59 Å². The molecule has 2 aliphatic heterocycles. The smallest absolute Gasteiger partial charge is 0.237 e. The van der Waals surface area contributed by atoms with Crippen LogP contribution in [0.5, 0.6) is 0 Å². The molecule has 2 heterocycles. The van der Waals surface area contributed by atoms with Crippen LogP contribution in [-0.2, 0) is 22.7 Å². The summed E-state index contributed by atoms with van der Waals surface area (Å²) in [7, 11) is 1.84. The van der Waals surface area contributed by atoms with Gasteiger partial charge in [0.15, 0.2) is 0 Å². The van der Waals surface area contributed by atoms with E-state index < -0.39 is 0 Å². The number of carbonyl (C=O) groups excluding carboxylic acids is 2. The van der Waals surface area contributed by atoms with Crippen LogP contribution in [0.3, 0.4) is 0 Å². The Labute approximate surface area is 168 Å². The number of likely N-dealkylation sites (tertiary alicyclic amines) is 1. The predicted octanol–water partition coefficient (Wildman–Crippen LogP) is 1.84. The fourth-order valence-corrected chi connectivity index (χ4v) is 4.27. The molecule has 2 aliphatic rings. The van der Waals surface area contributed by atoms with E-state index in [0.717, 1.165) is 26.2 Å². The van der Waals surface area contributed by atoms with E-state index in [2.05, 4.69) is 47.2 Å². The average molecular weight is 387 g/mol. The van der Waals surface area contributed by atoms with Crippen molar-refractivity contribution in [2.45, 2.75) is 58.3 Å². The first kappa shape index (κ1) is 20.8. The Bertz CT molecular complexity index is 685. The van der Waals surface area contributed by atoms with Gasteiger partial charge < -0.3 is 10.2 Å². The van der Waals surface area contributed by atoms with Crippen molar-refractivity contribution in [2.75, 3.05) is 33.2 Å². The SMILES string of the molecule is CC(C)N1CCNC(=O)[C@@H]1CC(=O)N(C)Cc1ccccc1CN1CCCC1. The maximum absolute atomic E-state index is 12.9. The number of hydrogen-bond acceptors (Lipinski definition) is 4. The Balaban J connectivity index is 1.63. The maximum Gasteiger partial charge on any atom is 0.237 e. The molecule has 0 aliphatic carbocycles. The molecule has 1 N–H and O–H groups in total. The Hall–Kier alpha value is -1.92. The van der Waals surface area contributed by atoms with Crippen LogP contribution in [-0.4, -0.2) is 71.8 Å². The number of hydrogen-bond donors (Lipinski definition) is 1. The summed E-state index contributed by atoms with van der Waals surface area (Å²) >= 11 is 0. The van der Waals surface area contributed by atoms with Crippen molar-refractivity contribution in [2.24, 2.45) is 0 Å². The zero-order chi connectivity index (χ0) is 20.1. The summed E-state index contributed by atoms with van der Waals surface area (Å²) < 4.78 is 0. The summed E-state index contributed by atoms with van der Waals surface area (Å²) in [5, 5.41) is 2.90. The van der Waals surface area contributed by atoms with Gasteiger partial charge in [0.1, 0.15) is 0 Å². The summed E-state index contributed by atoms with van der Waals surface area (Å²) in [6.07, 6.45) is 2.78. The number of benzene rings is 1. The maximum atomic E-state index is 12.9. The molecule has 154 valence electrons. The van der Waals surface area contributed by atoms with Crippen molar-refractivity contribution in [3.05, 3.63) is 35.4 Å². The Morgan fingerprint density at radius 1 is 1.18 bits per heavy atom. The highest BCUT2D eigenvalue weighted by Crippen LogP contribution is 2.19. The first-order valence-electron chi connectivity index (χ1n) is 10.5. The summed E-state index contributed by atoms with van der Waals surface area (Å²) in [4.78, 5) is 31.6. The number of nitrogens with zero attached hydrogens (tertiary/aromatic N) is 3. The minimum Gasteiger partial charge on any atom is -0.353 e. The van der Waals surface area contributed by atoms with E-state index in [1.54, 1.807) is 4.90 Å². The molecule has 28 heavy (non-hydrogen) atoms. The van der Waals surface area contributed by atoms with Gasteiger partial charge in [-0.15, -0.1) is 0 Å². The largest absolute Gasteiger partial charge is 0.353 e. The van der Waals surface area contributed by atoms with Crippen molar-refractivity contribution in [1.82, 2.24) is 20.0 Å². The number of nitrogens with one attached hydrogen (secondary N) is 1. The van der Waals surface area contributed by atoms with Crippen LogP contribution in [0, 0.1) is 0 Å². The Morgan fingerprint density at radius 3 is 2.54 bits per heavy atom. The summed E-state index contributed by atoms with van der Waals surface area (Å²) in [5.41, 5.74) is 2.49. The Morgan fingerprint density at radius 2 is 1.86 bits per heavy atom. The number of amides is 2. The summed E-state index contributed by atoms with van der Waals surface area (Å²) in [6.45, 7) is 9.45. The lowest BCUT2D eigenvalue weighted by Crippen LogP contribution is -2.58. The molecule has 0 saturated carbocycles. The number of piperazine rings is 1. The molecule has 1 aromatic rings. The predicted molar refractivity (Wildman–Crippen MR) is 111 cm³/mol. The van der Waals surface area contributed by atoms with Gasteiger partial charge in [-0.05, 0) is 50.9 Å². The Kier molecular flexibility index (Phi) is 7.08. The second-order valence-electron chi connectivity index (χ2n) is 8.34. The molecule has 6 nitrogen and oxygen atoms in total. The zero-order valence-electron chi connectivity index (χ0n) is 17.5. The van der Waals surface area contributed by atoms with Gasteiger partial charge in [-0.25, -0.2) is 0 Å². The van der Waals surface area contributed by atoms with Crippen LogP contribution in [0.25, 0.3) is 0 Å². The van der Waals surface area contributed by atoms with Crippen molar-refractivity contribution < 1.29 is 9.59 Å². The van der Waals surface area contributed by atoms with Crippen molar-refractivity contribution >= 4 is 11.8 Å². The topological polar surface area (TPSA) is 55.9 Å². The molecule has 1 aromatic carbocycles. The average Bonchev–Trinajstić information content (AvgIpc) is 3.17. The van der Waals surface area contributed by atoms with Gasteiger partial charge in [0.25, 0.3) is 0 Å². The quantitative estimate of drug-likeness (QED) is 0.777. The summed E-state index contributed by atoms with van der Waals surface area (Å²) in [6, 6.07) is 8.27. The molecule has 0 spiro atoms. The standard InChI is InChI=1S/C22H34N4O2/c1-17(2)26-13-10-23-22(28)20(26)14-21(27)24(3)15-18-8-4-5-9-19(18)16-25-11-6-7-12-25/h4-5,8-9,17,20H,6-7,10-16H2,1-3H3,(H,23,28)/t20-/m0/s1. The van der Waals surface area contributed by atoms with Gasteiger partial charge in [0, 0.05) is 39.3 Å². The molecule has 0 unspecified atom stereocenters. The van der Waals surface area contributed by atoms with Crippen molar-refractivity contribution in [3.63, 3.8) is 0 Å². The van der Waals surface area contributed by atoms with E-state index in [1.807, 2.05) is 13.1 Å². The van der Waals surface area contributed by atoms with Gasteiger partial charge in [-0.3, -0.25) is 19.4 Å². The molecule has 1 atom stereocenters. The van der Waals surface area contributed by atoms with Crippen LogP contribution < -0.4 is 5.32 Å². The van der Waals surface area contributed by atoms with Gasteiger partial charge in [0.05, 0.1) is 12.5 Å². The van der Waals surface area contributed by atoms with E-state index in [0.29, 0.717) is 13.1 Å². The zero-order valence-corrected chi connectivity index (χ0v) is 17.5. The minimum absolute atomic E-state index is 0.0173. The number of carbonyl (C=O) groups is 2. The highest BCUT2D eigenvalue weighted by Gasteiger charge is 2.33. The lowest BCUT2D eigenvalue weighted by atomic mass is 10.0. The van der Waals surface area contributed by atoms with Crippen LogP contribution in [0.1, 0.15) is 44.2 Å². The van der Waals surface area contributed by atoms with Crippen molar-refractivity contribution in [1.29, 1.82) is 0 Å². The molecule has 2 saturated heterocycles. The highest BCUT2D eigenvalue weighted by molar-refractivity contribution is 5.88.